The standard InChI is InChI=1S/C29H24N4O6/c1-18-24(28(36)33(30-18)21-7-5-4-6-8-21)17-25-26(34)31(19-9-13-22(38-2)14-10-19)29(37)32(27(25)35)20-11-15-23(39-3)16-12-20/h4-17,34H,1-3H3/b24-17-. The van der Waals surface area contributed by atoms with Gasteiger partial charge in [0.25, 0.3) is 11.5 Å². The Bertz CT molecular complexity index is 1730. The van der Waals surface area contributed by atoms with Gasteiger partial charge in [0, 0.05) is 0 Å². The number of hydrogen-bond acceptors (Lipinski definition) is 7. The molecule has 39 heavy (non-hydrogen) atoms. The number of hydrazone groups is 1. The third-order valence-electron chi connectivity index (χ3n) is 6.28. The summed E-state index contributed by atoms with van der Waals surface area (Å²) in [5, 5.41) is 16.8. The molecule has 2 heterocycles. The van der Waals surface area contributed by atoms with E-state index in [-0.39, 0.29) is 22.5 Å². The molecule has 196 valence electrons. The molecule has 1 amide bonds. The molecule has 0 atom stereocenters. The zero-order valence-corrected chi connectivity index (χ0v) is 21.4. The Kier molecular flexibility index (Phi) is 6.59. The molecular weight excluding hydrogens is 500 g/mol. The van der Waals surface area contributed by atoms with Gasteiger partial charge in [0.15, 0.2) is 0 Å². The summed E-state index contributed by atoms with van der Waals surface area (Å²) in [5.74, 6) is -0.0174. The summed E-state index contributed by atoms with van der Waals surface area (Å²) in [5.41, 5.74) is -0.325. The number of aromatic nitrogens is 2. The highest BCUT2D eigenvalue weighted by molar-refractivity contribution is 6.32. The van der Waals surface area contributed by atoms with Crippen molar-refractivity contribution in [1.82, 2.24) is 9.13 Å². The monoisotopic (exact) mass is 524 g/mol. The Labute approximate surface area is 222 Å². The molecule has 1 N–H and O–H groups in total. The van der Waals surface area contributed by atoms with Crippen LogP contribution in [0, 0.1) is 0 Å². The topological polar surface area (TPSA) is 115 Å². The molecule has 0 aliphatic carbocycles. The molecule has 10 nitrogen and oxygen atoms in total. The number of rotatable bonds is 6. The smallest absolute Gasteiger partial charge is 0.343 e. The van der Waals surface area contributed by atoms with Crippen molar-refractivity contribution in [2.75, 3.05) is 19.2 Å². The minimum atomic E-state index is -0.807. The molecule has 0 radical (unpaired) electrons. The third-order valence-corrected chi connectivity index (χ3v) is 6.28. The van der Waals surface area contributed by atoms with Crippen LogP contribution in [0.25, 0.3) is 17.5 Å². The molecule has 3 aromatic carbocycles. The second-order valence-corrected chi connectivity index (χ2v) is 8.59. The summed E-state index contributed by atoms with van der Waals surface area (Å²) in [7, 11) is 3.01. The van der Waals surface area contributed by atoms with Crippen LogP contribution in [-0.2, 0) is 4.79 Å². The highest BCUT2D eigenvalue weighted by atomic mass is 16.5. The lowest BCUT2D eigenvalue weighted by atomic mass is 10.1. The number of hydrogen-bond donors (Lipinski definition) is 1. The van der Waals surface area contributed by atoms with Crippen molar-refractivity contribution in [3.63, 3.8) is 0 Å². The fourth-order valence-corrected chi connectivity index (χ4v) is 4.24. The van der Waals surface area contributed by atoms with E-state index >= 15 is 0 Å². The Hall–Kier alpha value is -5.38. The lowest BCUT2D eigenvalue weighted by Gasteiger charge is -2.16. The van der Waals surface area contributed by atoms with Gasteiger partial charge < -0.3 is 14.6 Å². The number of benzene rings is 3. The Morgan fingerprint density at radius 1 is 0.744 bits per heavy atom. The molecule has 1 aromatic heterocycles. The minimum absolute atomic E-state index is 0.104. The van der Waals surface area contributed by atoms with E-state index in [9.17, 15) is 19.5 Å². The van der Waals surface area contributed by atoms with Crippen LogP contribution >= 0.6 is 0 Å². The van der Waals surface area contributed by atoms with Crippen molar-refractivity contribution in [3.8, 4) is 28.8 Å². The van der Waals surface area contributed by atoms with Crippen LogP contribution in [0.15, 0.2) is 99.1 Å². The predicted octanol–water partition coefficient (Wildman–Crippen LogP) is 3.52. The molecule has 1 aliphatic rings. The molecule has 10 heteroatoms. The van der Waals surface area contributed by atoms with Gasteiger partial charge in [-0.15, -0.1) is 0 Å². The number of anilines is 1. The van der Waals surface area contributed by atoms with Crippen LogP contribution < -0.4 is 25.7 Å². The van der Waals surface area contributed by atoms with Crippen LogP contribution in [0.5, 0.6) is 17.4 Å². The third kappa shape index (κ3) is 4.48. The maximum Gasteiger partial charge on any atom is 0.343 e. The summed E-state index contributed by atoms with van der Waals surface area (Å²) in [6.45, 7) is 1.63. The molecular formula is C29H24N4O6. The highest BCUT2D eigenvalue weighted by Gasteiger charge is 2.30. The molecule has 0 fully saturated rings. The van der Waals surface area contributed by atoms with Gasteiger partial charge in [0.1, 0.15) is 17.1 Å². The number of methoxy groups -OCH3 is 2. The lowest BCUT2D eigenvalue weighted by molar-refractivity contribution is -0.114. The van der Waals surface area contributed by atoms with Gasteiger partial charge in [0.2, 0.25) is 5.88 Å². The molecule has 0 saturated heterocycles. The maximum absolute atomic E-state index is 13.7. The van der Waals surface area contributed by atoms with Crippen LogP contribution in [0.1, 0.15) is 12.5 Å². The number of para-hydroxylation sites is 1. The highest BCUT2D eigenvalue weighted by Crippen LogP contribution is 2.27. The van der Waals surface area contributed by atoms with Gasteiger partial charge in [-0.1, -0.05) is 18.2 Å². The zero-order chi connectivity index (χ0) is 27.7. The number of nitrogens with zero attached hydrogens (tertiary/aromatic N) is 4. The number of amides is 1. The average Bonchev–Trinajstić information content (AvgIpc) is 3.24. The van der Waals surface area contributed by atoms with Gasteiger partial charge in [-0.05, 0) is 73.7 Å². The van der Waals surface area contributed by atoms with Crippen molar-refractivity contribution in [1.29, 1.82) is 0 Å². The lowest BCUT2D eigenvalue weighted by Crippen LogP contribution is -2.39. The van der Waals surface area contributed by atoms with Crippen molar-refractivity contribution in [2.45, 2.75) is 6.92 Å². The van der Waals surface area contributed by atoms with Gasteiger partial charge in [-0.2, -0.15) is 10.1 Å². The van der Waals surface area contributed by atoms with Gasteiger partial charge in [0.05, 0.1) is 42.6 Å². The molecule has 0 saturated carbocycles. The average molecular weight is 525 g/mol. The fourth-order valence-electron chi connectivity index (χ4n) is 4.24. The van der Waals surface area contributed by atoms with Crippen molar-refractivity contribution in [2.24, 2.45) is 5.10 Å². The SMILES string of the molecule is COc1ccc(-n2c(O)c(/C=C3\C(=O)N(c4ccccc4)N=C3C)c(=O)n(-c3ccc(OC)cc3)c2=O)cc1. The second kappa shape index (κ2) is 10.2. The minimum Gasteiger partial charge on any atom is -0.497 e. The van der Waals surface area contributed by atoms with Crippen LogP contribution in [0.3, 0.4) is 0 Å². The molecule has 0 bridgehead atoms. The first-order chi connectivity index (χ1) is 18.8. The zero-order valence-electron chi connectivity index (χ0n) is 21.4. The number of carbonyl (C=O) groups is 1. The first-order valence-corrected chi connectivity index (χ1v) is 11.9. The van der Waals surface area contributed by atoms with Crippen molar-refractivity contribution in [3.05, 3.63) is 111 Å². The quantitative estimate of drug-likeness (QED) is 0.386. The van der Waals surface area contributed by atoms with Crippen molar-refractivity contribution >= 4 is 23.4 Å². The van der Waals surface area contributed by atoms with E-state index in [4.69, 9.17) is 9.47 Å². The summed E-state index contributed by atoms with van der Waals surface area (Å²) in [4.78, 5) is 40.7. The Balaban J connectivity index is 1.74. The Morgan fingerprint density at radius 3 is 1.82 bits per heavy atom. The number of ether oxygens (including phenoxy) is 2. The summed E-state index contributed by atoms with van der Waals surface area (Å²) in [6.07, 6.45) is 1.27. The van der Waals surface area contributed by atoms with Crippen LogP contribution in [0.4, 0.5) is 5.69 Å². The maximum atomic E-state index is 13.7. The van der Waals surface area contributed by atoms with E-state index in [2.05, 4.69) is 5.10 Å². The molecule has 4 aromatic rings. The normalized spacial score (nSPS) is 14.0. The summed E-state index contributed by atoms with van der Waals surface area (Å²) in [6, 6.07) is 21.6. The van der Waals surface area contributed by atoms with E-state index in [0.29, 0.717) is 22.9 Å². The Morgan fingerprint density at radius 2 is 1.28 bits per heavy atom. The first kappa shape index (κ1) is 25.3. The van der Waals surface area contributed by atoms with E-state index in [0.717, 1.165) is 9.13 Å². The van der Waals surface area contributed by atoms with Crippen LogP contribution in [0.2, 0.25) is 0 Å². The van der Waals surface area contributed by atoms with E-state index in [1.165, 1.54) is 25.3 Å². The summed E-state index contributed by atoms with van der Waals surface area (Å²) >= 11 is 0. The predicted molar refractivity (Wildman–Crippen MR) is 147 cm³/mol. The second-order valence-electron chi connectivity index (χ2n) is 8.59. The van der Waals surface area contributed by atoms with Crippen LogP contribution in [-0.4, -0.2) is 40.1 Å². The van der Waals surface area contributed by atoms with Gasteiger partial charge in [-0.3, -0.25) is 9.59 Å². The van der Waals surface area contributed by atoms with E-state index in [1.54, 1.807) is 79.7 Å². The summed E-state index contributed by atoms with van der Waals surface area (Å²) < 4.78 is 12.3. The van der Waals surface area contributed by atoms with E-state index < -0.39 is 23.0 Å². The molecule has 0 spiro atoms. The van der Waals surface area contributed by atoms with Gasteiger partial charge >= 0.3 is 5.69 Å². The largest absolute Gasteiger partial charge is 0.497 e. The fraction of sp³-hybridized carbons (Fsp3) is 0.103. The molecule has 5 rings (SSSR count). The van der Waals surface area contributed by atoms with E-state index in [1.807, 2.05) is 6.07 Å². The van der Waals surface area contributed by atoms with Gasteiger partial charge in [-0.25, -0.2) is 13.9 Å². The molecule has 0 unspecified atom stereocenters. The molecule has 1 aliphatic heterocycles. The number of aromatic hydroxyl groups is 1. The van der Waals surface area contributed by atoms with Crippen molar-refractivity contribution < 1.29 is 19.4 Å². The number of carbonyl (C=O) groups excluding carboxylic acids is 1. The first-order valence-electron chi connectivity index (χ1n) is 11.9.